The third-order valence-electron chi connectivity index (χ3n) is 5.13. The van der Waals surface area contributed by atoms with Crippen molar-refractivity contribution in [2.45, 2.75) is 57.7 Å². The Kier molecular flexibility index (Phi) is 4.90. The average molecular weight is 353 g/mol. The second kappa shape index (κ2) is 6.70. The minimum Gasteiger partial charge on any atom is -0.496 e. The van der Waals surface area contributed by atoms with E-state index in [0.29, 0.717) is 6.10 Å². The molecule has 0 radical (unpaired) electrons. The van der Waals surface area contributed by atoms with Gasteiger partial charge in [0.1, 0.15) is 5.75 Å². The molecule has 0 spiro atoms. The van der Waals surface area contributed by atoms with E-state index in [-0.39, 0.29) is 6.10 Å². The maximum atomic E-state index is 6.48. The van der Waals surface area contributed by atoms with E-state index in [1.165, 1.54) is 48.8 Å². The third-order valence-corrected chi connectivity index (χ3v) is 5.72. The number of methoxy groups -OCH3 is 1. The number of hydrogen-bond donors (Lipinski definition) is 0. The lowest BCUT2D eigenvalue weighted by Crippen LogP contribution is -2.35. The molecule has 116 valence electrons. The molecule has 21 heavy (non-hydrogen) atoms. The van der Waals surface area contributed by atoms with E-state index >= 15 is 0 Å². The van der Waals surface area contributed by atoms with Gasteiger partial charge in [-0.25, -0.2) is 0 Å². The van der Waals surface area contributed by atoms with Gasteiger partial charge in [0.05, 0.1) is 19.3 Å². The van der Waals surface area contributed by atoms with Gasteiger partial charge < -0.3 is 9.47 Å². The van der Waals surface area contributed by atoms with E-state index in [2.05, 4.69) is 35.0 Å². The molecule has 3 rings (SSSR count). The van der Waals surface area contributed by atoms with Crippen LogP contribution in [0.2, 0.25) is 0 Å². The first-order valence-corrected chi connectivity index (χ1v) is 9.24. The first-order valence-electron chi connectivity index (χ1n) is 8.12. The van der Waals surface area contributed by atoms with Crippen LogP contribution in [0, 0.1) is 12.8 Å². The standard InChI is InChI=1S/C18H25BrO2/c1-12-8-9-15(20-2)14-10-16(13-6-4-3-5-7-13)21-17(11-19)18(12)14/h8-9,13,16-17H,3-7,10-11H2,1-2H3. The molecule has 1 fully saturated rings. The average Bonchev–Trinajstić information content (AvgIpc) is 2.55. The molecule has 1 aliphatic carbocycles. The van der Waals surface area contributed by atoms with Crippen molar-refractivity contribution in [1.82, 2.24) is 0 Å². The van der Waals surface area contributed by atoms with Crippen LogP contribution < -0.4 is 4.74 Å². The van der Waals surface area contributed by atoms with Crippen molar-refractivity contribution < 1.29 is 9.47 Å². The molecule has 0 bridgehead atoms. The summed E-state index contributed by atoms with van der Waals surface area (Å²) in [6.45, 7) is 2.18. The van der Waals surface area contributed by atoms with Crippen molar-refractivity contribution in [2.24, 2.45) is 5.92 Å². The lowest BCUT2D eigenvalue weighted by Gasteiger charge is -2.38. The zero-order chi connectivity index (χ0) is 14.8. The summed E-state index contributed by atoms with van der Waals surface area (Å²) in [6, 6.07) is 4.26. The smallest absolute Gasteiger partial charge is 0.122 e. The molecule has 3 heteroatoms. The number of ether oxygens (including phenoxy) is 2. The number of fused-ring (bicyclic) bond motifs is 1. The van der Waals surface area contributed by atoms with Crippen LogP contribution >= 0.6 is 15.9 Å². The molecule has 0 saturated heterocycles. The second-order valence-electron chi connectivity index (χ2n) is 6.40. The summed E-state index contributed by atoms with van der Waals surface area (Å²) in [5, 5.41) is 0.858. The van der Waals surface area contributed by atoms with Crippen LogP contribution in [-0.4, -0.2) is 18.5 Å². The molecule has 1 saturated carbocycles. The Morgan fingerprint density at radius 3 is 2.67 bits per heavy atom. The highest BCUT2D eigenvalue weighted by Crippen LogP contribution is 2.42. The summed E-state index contributed by atoms with van der Waals surface area (Å²) in [5.74, 6) is 1.75. The summed E-state index contributed by atoms with van der Waals surface area (Å²) < 4.78 is 12.1. The van der Waals surface area contributed by atoms with Gasteiger partial charge in [-0.05, 0) is 42.9 Å². The van der Waals surface area contributed by atoms with Crippen LogP contribution in [0.25, 0.3) is 0 Å². The monoisotopic (exact) mass is 352 g/mol. The highest BCUT2D eigenvalue weighted by Gasteiger charge is 2.35. The molecule has 2 unspecified atom stereocenters. The first-order chi connectivity index (χ1) is 10.2. The van der Waals surface area contributed by atoms with Gasteiger partial charge in [0.15, 0.2) is 0 Å². The molecular weight excluding hydrogens is 328 g/mol. The van der Waals surface area contributed by atoms with Gasteiger partial charge in [-0.3, -0.25) is 0 Å². The third kappa shape index (κ3) is 3.00. The summed E-state index contributed by atoms with van der Waals surface area (Å²) in [4.78, 5) is 0. The van der Waals surface area contributed by atoms with E-state index in [0.717, 1.165) is 23.4 Å². The quantitative estimate of drug-likeness (QED) is 0.715. The van der Waals surface area contributed by atoms with E-state index in [4.69, 9.17) is 9.47 Å². The summed E-state index contributed by atoms with van der Waals surface area (Å²) in [6.07, 6.45) is 8.29. The Morgan fingerprint density at radius 1 is 1.24 bits per heavy atom. The maximum Gasteiger partial charge on any atom is 0.122 e. The van der Waals surface area contributed by atoms with Gasteiger partial charge in [-0.1, -0.05) is 41.3 Å². The van der Waals surface area contributed by atoms with Crippen LogP contribution in [0.4, 0.5) is 0 Å². The zero-order valence-corrected chi connectivity index (χ0v) is 14.6. The lowest BCUT2D eigenvalue weighted by atomic mass is 9.80. The molecule has 1 aromatic rings. The van der Waals surface area contributed by atoms with Crippen molar-refractivity contribution in [3.63, 3.8) is 0 Å². The molecule has 1 aliphatic heterocycles. The number of aryl methyl sites for hydroxylation is 1. The fraction of sp³-hybridized carbons (Fsp3) is 0.667. The SMILES string of the molecule is COc1ccc(C)c2c1CC(C1CCCCC1)OC2CBr. The number of hydrogen-bond acceptors (Lipinski definition) is 2. The Labute approximate surface area is 136 Å². The van der Waals surface area contributed by atoms with E-state index in [1.54, 1.807) is 7.11 Å². The van der Waals surface area contributed by atoms with Crippen LogP contribution in [0.15, 0.2) is 12.1 Å². The minimum absolute atomic E-state index is 0.163. The molecule has 2 atom stereocenters. The number of halogens is 1. The van der Waals surface area contributed by atoms with E-state index in [9.17, 15) is 0 Å². The van der Waals surface area contributed by atoms with Crippen molar-refractivity contribution >= 4 is 15.9 Å². The molecule has 0 N–H and O–H groups in total. The van der Waals surface area contributed by atoms with Crippen molar-refractivity contribution in [2.75, 3.05) is 12.4 Å². The lowest BCUT2D eigenvalue weighted by molar-refractivity contribution is -0.0531. The number of benzene rings is 1. The van der Waals surface area contributed by atoms with Gasteiger partial charge in [0, 0.05) is 17.3 Å². The zero-order valence-electron chi connectivity index (χ0n) is 13.0. The Hall–Kier alpha value is -0.540. The normalized spacial score (nSPS) is 26.4. The fourth-order valence-corrected chi connectivity index (χ4v) is 4.51. The number of rotatable bonds is 3. The van der Waals surface area contributed by atoms with Gasteiger partial charge in [-0.2, -0.15) is 0 Å². The summed E-state index contributed by atoms with van der Waals surface area (Å²) in [7, 11) is 1.78. The Balaban J connectivity index is 1.93. The molecule has 2 nitrogen and oxygen atoms in total. The minimum atomic E-state index is 0.163. The van der Waals surface area contributed by atoms with Gasteiger partial charge in [-0.15, -0.1) is 0 Å². The van der Waals surface area contributed by atoms with Crippen molar-refractivity contribution in [3.8, 4) is 5.75 Å². The largest absolute Gasteiger partial charge is 0.496 e. The van der Waals surface area contributed by atoms with Gasteiger partial charge >= 0.3 is 0 Å². The predicted molar refractivity (Wildman–Crippen MR) is 89.4 cm³/mol. The fourth-order valence-electron chi connectivity index (χ4n) is 4.04. The first kappa shape index (κ1) is 15.4. The molecule has 1 aromatic carbocycles. The predicted octanol–water partition coefficient (Wildman–Crippen LogP) is 4.96. The van der Waals surface area contributed by atoms with Crippen molar-refractivity contribution in [3.05, 3.63) is 28.8 Å². The summed E-state index contributed by atoms with van der Waals surface area (Å²) in [5.41, 5.74) is 4.04. The van der Waals surface area contributed by atoms with Crippen LogP contribution in [0.1, 0.15) is 54.9 Å². The summed E-state index contributed by atoms with van der Waals surface area (Å²) >= 11 is 3.65. The van der Waals surface area contributed by atoms with Crippen molar-refractivity contribution in [1.29, 1.82) is 0 Å². The van der Waals surface area contributed by atoms with E-state index < -0.39 is 0 Å². The molecule has 0 aromatic heterocycles. The molecule has 1 heterocycles. The van der Waals surface area contributed by atoms with Crippen LogP contribution in [0.5, 0.6) is 5.75 Å². The van der Waals surface area contributed by atoms with Gasteiger partial charge in [0.25, 0.3) is 0 Å². The molecule has 2 aliphatic rings. The van der Waals surface area contributed by atoms with E-state index in [1.807, 2.05) is 0 Å². The topological polar surface area (TPSA) is 18.5 Å². The Bertz CT molecular complexity index is 494. The molecule has 0 amide bonds. The highest BCUT2D eigenvalue weighted by molar-refractivity contribution is 9.09. The number of alkyl halides is 1. The highest BCUT2D eigenvalue weighted by atomic mass is 79.9. The molecular formula is C18H25BrO2. The van der Waals surface area contributed by atoms with Crippen LogP contribution in [0.3, 0.4) is 0 Å². The Morgan fingerprint density at radius 2 is 2.00 bits per heavy atom. The van der Waals surface area contributed by atoms with Crippen LogP contribution in [-0.2, 0) is 11.2 Å². The maximum absolute atomic E-state index is 6.48. The second-order valence-corrected chi connectivity index (χ2v) is 7.04. The van der Waals surface area contributed by atoms with Gasteiger partial charge in [0.2, 0.25) is 0 Å².